The van der Waals surface area contributed by atoms with Crippen molar-refractivity contribution in [2.75, 3.05) is 17.3 Å². The molecule has 0 aliphatic carbocycles. The number of anilines is 3. The molecule has 0 atom stereocenters. The molecule has 6 nitrogen and oxygen atoms in total. The Morgan fingerprint density at radius 2 is 1.75 bits per heavy atom. The zero-order chi connectivity index (χ0) is 19.5. The summed E-state index contributed by atoms with van der Waals surface area (Å²) in [4.78, 5) is 27.8. The lowest BCUT2D eigenvalue weighted by atomic mass is 10.2. The Morgan fingerprint density at radius 3 is 2.57 bits per heavy atom. The number of fused-ring (bicyclic) bond motifs is 1. The number of amides is 1. The lowest BCUT2D eigenvalue weighted by molar-refractivity contribution is 0.0988. The maximum Gasteiger partial charge on any atom is 0.276 e. The maximum atomic E-state index is 12.9. The van der Waals surface area contributed by atoms with E-state index in [2.05, 4.69) is 20.3 Å². The summed E-state index contributed by atoms with van der Waals surface area (Å²) in [5.41, 5.74) is 3.45. The lowest BCUT2D eigenvalue weighted by Gasteiger charge is -2.17. The number of carbonyl (C=O) groups is 1. The Kier molecular flexibility index (Phi) is 4.68. The minimum absolute atomic E-state index is 0.198. The van der Waals surface area contributed by atoms with E-state index in [-0.39, 0.29) is 5.91 Å². The molecule has 28 heavy (non-hydrogen) atoms. The van der Waals surface area contributed by atoms with E-state index < -0.39 is 0 Å². The van der Waals surface area contributed by atoms with Gasteiger partial charge in [0.2, 0.25) is 5.95 Å². The molecule has 6 heteroatoms. The molecule has 138 valence electrons. The molecule has 1 N–H and O–H groups in total. The van der Waals surface area contributed by atoms with Crippen molar-refractivity contribution in [2.45, 2.75) is 6.92 Å². The Bertz CT molecular complexity index is 1140. The number of nitrogens with zero attached hydrogens (tertiary/aromatic N) is 4. The monoisotopic (exact) mass is 369 g/mol. The van der Waals surface area contributed by atoms with Crippen LogP contribution in [-0.2, 0) is 0 Å². The van der Waals surface area contributed by atoms with Crippen LogP contribution in [0.3, 0.4) is 0 Å². The molecule has 0 bridgehead atoms. The predicted octanol–water partition coefficient (Wildman–Crippen LogP) is 4.35. The number of hydrogen-bond donors (Lipinski definition) is 1. The molecule has 2 aromatic heterocycles. The fourth-order valence-electron chi connectivity index (χ4n) is 3.00. The van der Waals surface area contributed by atoms with E-state index in [0.717, 1.165) is 22.3 Å². The lowest BCUT2D eigenvalue weighted by Crippen LogP contribution is -2.27. The standard InChI is InChI=1S/C22H19N5O/c1-15-14-19(21(28)27(2)17-10-4-3-5-11-17)26-22(24-15)25-18-12-6-8-16-9-7-13-23-20(16)18/h3-14H,1-2H3,(H,24,25,26). The van der Waals surface area contributed by atoms with Gasteiger partial charge in [-0.1, -0.05) is 36.4 Å². The van der Waals surface area contributed by atoms with E-state index in [0.29, 0.717) is 17.3 Å². The first-order chi connectivity index (χ1) is 13.6. The smallest absolute Gasteiger partial charge is 0.276 e. The predicted molar refractivity (Wildman–Crippen MR) is 111 cm³/mol. The van der Waals surface area contributed by atoms with Crippen LogP contribution < -0.4 is 10.2 Å². The van der Waals surface area contributed by atoms with Crippen molar-refractivity contribution in [1.82, 2.24) is 15.0 Å². The van der Waals surface area contributed by atoms with Crippen LogP contribution >= 0.6 is 0 Å². The molecule has 0 aliphatic rings. The molecule has 0 spiro atoms. The summed E-state index contributed by atoms with van der Waals surface area (Å²) >= 11 is 0. The fraction of sp³-hybridized carbons (Fsp3) is 0.0909. The van der Waals surface area contributed by atoms with Crippen LogP contribution in [0.1, 0.15) is 16.2 Å². The number of pyridine rings is 1. The van der Waals surface area contributed by atoms with Crippen molar-refractivity contribution in [3.63, 3.8) is 0 Å². The zero-order valence-corrected chi connectivity index (χ0v) is 15.6. The van der Waals surface area contributed by atoms with Gasteiger partial charge in [0, 0.05) is 30.0 Å². The van der Waals surface area contributed by atoms with Crippen LogP contribution in [-0.4, -0.2) is 27.9 Å². The number of nitrogens with one attached hydrogen (secondary N) is 1. The van der Waals surface area contributed by atoms with Crippen LogP contribution in [0.2, 0.25) is 0 Å². The summed E-state index contributed by atoms with van der Waals surface area (Å²) in [5.74, 6) is 0.166. The number of aryl methyl sites for hydroxylation is 1. The van der Waals surface area contributed by atoms with Gasteiger partial charge < -0.3 is 10.2 Å². The highest BCUT2D eigenvalue weighted by molar-refractivity contribution is 6.04. The van der Waals surface area contributed by atoms with Gasteiger partial charge >= 0.3 is 0 Å². The Balaban J connectivity index is 1.66. The van der Waals surface area contributed by atoms with Crippen LogP contribution in [0.25, 0.3) is 10.9 Å². The van der Waals surface area contributed by atoms with Crippen LogP contribution in [0.15, 0.2) is 72.9 Å². The van der Waals surface area contributed by atoms with E-state index in [1.807, 2.05) is 67.6 Å². The van der Waals surface area contributed by atoms with Gasteiger partial charge in [0.25, 0.3) is 5.91 Å². The van der Waals surface area contributed by atoms with Crippen molar-refractivity contribution in [3.05, 3.63) is 84.3 Å². The quantitative estimate of drug-likeness (QED) is 0.579. The molecule has 0 radical (unpaired) electrons. The third kappa shape index (κ3) is 3.53. The SMILES string of the molecule is Cc1cc(C(=O)N(C)c2ccccc2)nc(Nc2cccc3cccnc23)n1. The van der Waals surface area contributed by atoms with Gasteiger partial charge in [-0.15, -0.1) is 0 Å². The van der Waals surface area contributed by atoms with Crippen molar-refractivity contribution >= 4 is 34.1 Å². The van der Waals surface area contributed by atoms with Crippen LogP contribution in [0.4, 0.5) is 17.3 Å². The summed E-state index contributed by atoms with van der Waals surface area (Å²) in [6.45, 7) is 1.84. The maximum absolute atomic E-state index is 12.9. The molecule has 2 aromatic carbocycles. The van der Waals surface area contributed by atoms with E-state index >= 15 is 0 Å². The summed E-state index contributed by atoms with van der Waals surface area (Å²) in [6.07, 6.45) is 1.74. The third-order valence-electron chi connectivity index (χ3n) is 4.40. The number of para-hydroxylation sites is 2. The Labute approximate surface area is 162 Å². The molecule has 0 fully saturated rings. The van der Waals surface area contributed by atoms with E-state index in [4.69, 9.17) is 0 Å². The number of hydrogen-bond acceptors (Lipinski definition) is 5. The molecule has 1 amide bonds. The highest BCUT2D eigenvalue weighted by Gasteiger charge is 2.17. The van der Waals surface area contributed by atoms with Gasteiger partial charge in [0.15, 0.2) is 0 Å². The molecule has 4 rings (SSSR count). The first-order valence-electron chi connectivity index (χ1n) is 8.91. The molecule has 4 aromatic rings. The number of rotatable bonds is 4. The molecule has 0 unspecified atom stereocenters. The number of benzene rings is 2. The third-order valence-corrected chi connectivity index (χ3v) is 4.40. The minimum Gasteiger partial charge on any atom is -0.322 e. The number of carbonyl (C=O) groups excluding carboxylic acids is 1. The molecule has 2 heterocycles. The van der Waals surface area contributed by atoms with Crippen molar-refractivity contribution in [2.24, 2.45) is 0 Å². The average molecular weight is 369 g/mol. The second kappa shape index (κ2) is 7.44. The summed E-state index contributed by atoms with van der Waals surface area (Å²) in [5, 5.41) is 4.22. The topological polar surface area (TPSA) is 71.0 Å². The molecule has 0 saturated carbocycles. The highest BCUT2D eigenvalue weighted by Crippen LogP contribution is 2.23. The zero-order valence-electron chi connectivity index (χ0n) is 15.6. The first-order valence-corrected chi connectivity index (χ1v) is 8.91. The molecule has 0 saturated heterocycles. The molecular weight excluding hydrogens is 350 g/mol. The van der Waals surface area contributed by atoms with E-state index in [1.54, 1.807) is 24.2 Å². The van der Waals surface area contributed by atoms with Crippen LogP contribution in [0.5, 0.6) is 0 Å². The average Bonchev–Trinajstić information content (AvgIpc) is 2.73. The second-order valence-electron chi connectivity index (χ2n) is 6.42. The summed E-state index contributed by atoms with van der Waals surface area (Å²) in [6, 6.07) is 20.9. The largest absolute Gasteiger partial charge is 0.322 e. The van der Waals surface area contributed by atoms with Gasteiger partial charge in [0.05, 0.1) is 11.2 Å². The van der Waals surface area contributed by atoms with Crippen molar-refractivity contribution in [1.29, 1.82) is 0 Å². The van der Waals surface area contributed by atoms with Gasteiger partial charge in [-0.05, 0) is 37.3 Å². The molecular formula is C22H19N5O. The Hall–Kier alpha value is -3.80. The normalized spacial score (nSPS) is 10.6. The van der Waals surface area contributed by atoms with E-state index in [9.17, 15) is 4.79 Å². The highest BCUT2D eigenvalue weighted by atomic mass is 16.2. The fourth-order valence-corrected chi connectivity index (χ4v) is 3.00. The number of aromatic nitrogens is 3. The van der Waals surface area contributed by atoms with Crippen molar-refractivity contribution in [3.8, 4) is 0 Å². The minimum atomic E-state index is -0.198. The van der Waals surface area contributed by atoms with Crippen LogP contribution in [0, 0.1) is 6.92 Å². The van der Waals surface area contributed by atoms with E-state index in [1.165, 1.54) is 0 Å². The van der Waals surface area contributed by atoms with Gasteiger partial charge in [-0.2, -0.15) is 0 Å². The molecule has 0 aliphatic heterocycles. The first kappa shape index (κ1) is 17.6. The second-order valence-corrected chi connectivity index (χ2v) is 6.42. The van der Waals surface area contributed by atoms with Gasteiger partial charge in [-0.25, -0.2) is 9.97 Å². The summed E-state index contributed by atoms with van der Waals surface area (Å²) < 4.78 is 0. The van der Waals surface area contributed by atoms with Gasteiger partial charge in [-0.3, -0.25) is 9.78 Å². The van der Waals surface area contributed by atoms with Crippen molar-refractivity contribution < 1.29 is 4.79 Å². The Morgan fingerprint density at radius 1 is 0.964 bits per heavy atom. The summed E-state index contributed by atoms with van der Waals surface area (Å²) in [7, 11) is 1.73. The van der Waals surface area contributed by atoms with Gasteiger partial charge in [0.1, 0.15) is 5.69 Å².